The van der Waals surface area contributed by atoms with Gasteiger partial charge in [0.05, 0.1) is 39.9 Å². The maximum absolute atomic E-state index is 12.9. The van der Waals surface area contributed by atoms with Crippen molar-refractivity contribution in [2.45, 2.75) is 205 Å². The molecule has 65 heavy (non-hydrogen) atoms. The number of aliphatic hydroxyl groups excluding tert-OH is 2. The Morgan fingerprint density at radius 1 is 0.569 bits per heavy atom. The summed E-state index contributed by atoms with van der Waals surface area (Å²) in [6.07, 6.45) is 60.3. The van der Waals surface area contributed by atoms with Gasteiger partial charge in [-0.25, -0.2) is 0 Å². The maximum atomic E-state index is 12.9. The van der Waals surface area contributed by atoms with E-state index in [-0.39, 0.29) is 18.9 Å². The van der Waals surface area contributed by atoms with Crippen LogP contribution in [-0.4, -0.2) is 79.8 Å². The molecule has 0 spiro atoms. The second-order valence-corrected chi connectivity index (χ2v) is 19.7. The molecule has 374 valence electrons. The molecule has 0 aromatic rings. The van der Waals surface area contributed by atoms with Crippen molar-refractivity contribution in [3.8, 4) is 0 Å². The van der Waals surface area contributed by atoms with Gasteiger partial charge in [0.25, 0.3) is 7.82 Å². The highest BCUT2D eigenvalue weighted by molar-refractivity contribution is 7.45. The zero-order valence-corrected chi connectivity index (χ0v) is 42.9. The summed E-state index contributed by atoms with van der Waals surface area (Å²) in [5, 5.41) is 24.6. The highest BCUT2D eigenvalue weighted by atomic mass is 31.2. The van der Waals surface area contributed by atoms with Crippen LogP contribution in [0, 0.1) is 0 Å². The number of unbranched alkanes of at least 4 members (excludes halogenated alkanes) is 15. The van der Waals surface area contributed by atoms with Gasteiger partial charge in [0.1, 0.15) is 19.3 Å². The Hall–Kier alpha value is -2.62. The number of aliphatic hydroxyl groups is 2. The summed E-state index contributed by atoms with van der Waals surface area (Å²) >= 11 is 0. The zero-order valence-electron chi connectivity index (χ0n) is 42.0. The van der Waals surface area contributed by atoms with E-state index < -0.39 is 32.7 Å². The van der Waals surface area contributed by atoms with Crippen molar-refractivity contribution >= 4 is 13.7 Å². The van der Waals surface area contributed by atoms with Crippen LogP contribution in [0.4, 0.5) is 0 Å². The number of allylic oxidation sites excluding steroid dienone is 16. The Morgan fingerprint density at radius 2 is 0.985 bits per heavy atom. The summed E-state index contributed by atoms with van der Waals surface area (Å²) in [6, 6.07) is -1.10. The minimum absolute atomic E-state index is 0.0546. The number of hydrogen-bond donors (Lipinski definition) is 3. The number of phosphoric ester groups is 1. The lowest BCUT2D eigenvalue weighted by Crippen LogP contribution is -2.51. The zero-order chi connectivity index (χ0) is 48.0. The summed E-state index contributed by atoms with van der Waals surface area (Å²) in [5.74, 6) is -0.303. The number of hydrogen-bond acceptors (Lipinski definition) is 7. The Labute approximate surface area is 399 Å². The largest absolute Gasteiger partial charge is 0.756 e. The molecular weight excluding hydrogens is 832 g/mol. The normalized spacial score (nSPS) is 15.4. The number of quaternary nitrogens is 1. The maximum Gasteiger partial charge on any atom is 0.268 e. The molecule has 0 heterocycles. The molecule has 0 aliphatic heterocycles. The summed E-state index contributed by atoms with van der Waals surface area (Å²) in [4.78, 5) is 25.5. The van der Waals surface area contributed by atoms with Gasteiger partial charge in [-0.2, -0.15) is 0 Å². The molecule has 4 unspecified atom stereocenters. The minimum atomic E-state index is -4.69. The fourth-order valence-electron chi connectivity index (χ4n) is 6.80. The molecule has 4 atom stereocenters. The molecule has 1 amide bonds. The molecule has 0 aliphatic rings. The average Bonchev–Trinajstić information content (AvgIpc) is 3.26. The lowest BCUT2D eigenvalue weighted by atomic mass is 10.0. The van der Waals surface area contributed by atoms with E-state index in [2.05, 4.69) is 116 Å². The van der Waals surface area contributed by atoms with Crippen LogP contribution in [0.1, 0.15) is 187 Å². The lowest BCUT2D eigenvalue weighted by molar-refractivity contribution is -0.870. The number of nitrogens with zero attached hydrogens (tertiary/aromatic N) is 1. The molecule has 10 heteroatoms. The van der Waals surface area contributed by atoms with Crippen molar-refractivity contribution in [3.05, 3.63) is 97.2 Å². The van der Waals surface area contributed by atoms with E-state index in [0.717, 1.165) is 89.9 Å². The molecule has 0 rings (SSSR count). The Bertz CT molecular complexity index is 1390. The number of carbonyl (C=O) groups is 1. The van der Waals surface area contributed by atoms with E-state index in [1.807, 2.05) is 21.1 Å². The van der Waals surface area contributed by atoms with Crippen molar-refractivity contribution in [2.75, 3.05) is 40.9 Å². The molecule has 0 aromatic heterocycles. The number of likely N-dealkylation sites (N-methyl/N-ethyl adjacent to an activating group) is 1. The van der Waals surface area contributed by atoms with Gasteiger partial charge in [-0.15, -0.1) is 0 Å². The number of amides is 1. The van der Waals surface area contributed by atoms with Gasteiger partial charge in [-0.05, 0) is 103 Å². The first-order valence-corrected chi connectivity index (χ1v) is 27.1. The van der Waals surface area contributed by atoms with Crippen molar-refractivity contribution in [1.29, 1.82) is 0 Å². The van der Waals surface area contributed by atoms with Crippen LogP contribution >= 0.6 is 7.82 Å². The molecule has 9 nitrogen and oxygen atoms in total. The fourth-order valence-corrected chi connectivity index (χ4v) is 7.52. The van der Waals surface area contributed by atoms with Gasteiger partial charge in [-0.1, -0.05) is 175 Å². The highest BCUT2D eigenvalue weighted by Gasteiger charge is 2.29. The van der Waals surface area contributed by atoms with E-state index in [0.29, 0.717) is 30.3 Å². The molecule has 0 bridgehead atoms. The topological polar surface area (TPSA) is 128 Å². The van der Waals surface area contributed by atoms with Gasteiger partial charge in [0.2, 0.25) is 5.91 Å². The summed E-state index contributed by atoms with van der Waals surface area (Å²) in [5.41, 5.74) is 0. The number of nitrogens with one attached hydrogen (secondary N) is 1. The first-order valence-electron chi connectivity index (χ1n) is 25.7. The van der Waals surface area contributed by atoms with Crippen LogP contribution in [0.25, 0.3) is 0 Å². The number of rotatable bonds is 45. The van der Waals surface area contributed by atoms with Crippen LogP contribution < -0.4 is 10.2 Å². The molecule has 0 saturated carbocycles. The number of carbonyl (C=O) groups excluding carboxylic acids is 1. The highest BCUT2D eigenvalue weighted by Crippen LogP contribution is 2.38. The van der Waals surface area contributed by atoms with Crippen molar-refractivity contribution in [2.24, 2.45) is 0 Å². The fraction of sp³-hybridized carbons (Fsp3) is 0.691. The van der Waals surface area contributed by atoms with E-state index in [9.17, 15) is 24.5 Å². The van der Waals surface area contributed by atoms with Crippen molar-refractivity contribution in [3.63, 3.8) is 0 Å². The third kappa shape index (κ3) is 46.3. The molecular formula is C55H97N2O7P. The monoisotopic (exact) mass is 929 g/mol. The SMILES string of the molecule is CC/C=C\C/C=C\C/C=C\C/C=C\C/C=C\C/C=C\CCCCCCCCCCCCC(=O)NC(COP(=O)([O-])OCC[N+](C)(C)C)C(O)C(O)CCC/C=C/CC/C=C/CCCCC. The first-order chi connectivity index (χ1) is 31.4. The van der Waals surface area contributed by atoms with Crippen LogP contribution in [-0.2, 0) is 18.4 Å². The smallest absolute Gasteiger partial charge is 0.268 e. The summed E-state index contributed by atoms with van der Waals surface area (Å²) in [6.45, 7) is 4.24. The molecule has 0 fully saturated rings. The predicted molar refractivity (Wildman–Crippen MR) is 275 cm³/mol. The second-order valence-electron chi connectivity index (χ2n) is 18.3. The van der Waals surface area contributed by atoms with Crippen LogP contribution in [0.3, 0.4) is 0 Å². The third-order valence-corrected chi connectivity index (χ3v) is 11.8. The van der Waals surface area contributed by atoms with Gasteiger partial charge >= 0.3 is 0 Å². The predicted octanol–water partition coefficient (Wildman–Crippen LogP) is 13.4. The van der Waals surface area contributed by atoms with Crippen molar-refractivity contribution < 1.29 is 38.0 Å². The van der Waals surface area contributed by atoms with Gasteiger partial charge < -0.3 is 34.0 Å². The first kappa shape index (κ1) is 62.4. The average molecular weight is 929 g/mol. The van der Waals surface area contributed by atoms with E-state index in [1.54, 1.807) is 0 Å². The number of phosphoric acid groups is 1. The standard InChI is InChI=1S/C55H97N2O7P/c1-6-8-10-12-14-16-18-20-21-22-23-24-25-26-27-28-29-30-31-32-33-34-35-36-38-40-42-44-46-48-54(59)56-52(51-64-65(61,62)63-50-49-57(3,4)5)55(60)53(58)47-45-43-41-39-37-19-17-15-13-11-9-7-2/h8,10,14-17,20-21,23-24,26-27,29-30,39,41,52-53,55,58,60H,6-7,9,11-13,18-19,22,25,28,31-38,40,42-51H2,1-5H3,(H-,56,59,61,62)/b10-8-,16-14-,17-15+,21-20-,24-23-,27-26-,30-29-,41-39+. The van der Waals surface area contributed by atoms with E-state index in [4.69, 9.17) is 9.05 Å². The van der Waals surface area contributed by atoms with Crippen LogP contribution in [0.15, 0.2) is 97.2 Å². The Morgan fingerprint density at radius 3 is 1.48 bits per heavy atom. The molecule has 0 aromatic carbocycles. The van der Waals surface area contributed by atoms with E-state index in [1.165, 1.54) is 57.8 Å². The van der Waals surface area contributed by atoms with Gasteiger partial charge in [-0.3, -0.25) is 9.36 Å². The quantitative estimate of drug-likeness (QED) is 0.0240. The third-order valence-electron chi connectivity index (χ3n) is 10.9. The van der Waals surface area contributed by atoms with Gasteiger partial charge in [0.15, 0.2) is 0 Å². The van der Waals surface area contributed by atoms with Gasteiger partial charge in [0, 0.05) is 6.42 Å². The van der Waals surface area contributed by atoms with Crippen LogP contribution in [0.5, 0.6) is 0 Å². The van der Waals surface area contributed by atoms with Crippen molar-refractivity contribution in [1.82, 2.24) is 5.32 Å². The molecule has 0 radical (unpaired) electrons. The Balaban J connectivity index is 4.32. The molecule has 0 aliphatic carbocycles. The Kier molecular flexibility index (Phi) is 43.4. The van der Waals surface area contributed by atoms with E-state index >= 15 is 0 Å². The summed E-state index contributed by atoms with van der Waals surface area (Å²) < 4.78 is 23.2. The molecule has 0 saturated heterocycles. The summed E-state index contributed by atoms with van der Waals surface area (Å²) in [7, 11) is 1.08. The second kappa shape index (κ2) is 45.2. The molecule has 3 N–H and O–H groups in total. The van der Waals surface area contributed by atoms with Crippen LogP contribution in [0.2, 0.25) is 0 Å². The lowest BCUT2D eigenvalue weighted by Gasteiger charge is -2.31. The minimum Gasteiger partial charge on any atom is -0.756 e.